The van der Waals surface area contributed by atoms with Crippen LogP contribution in [-0.4, -0.2) is 25.4 Å². The van der Waals surface area contributed by atoms with Gasteiger partial charge in [0.05, 0.1) is 6.61 Å². The molecule has 6 heteroatoms. The molecule has 0 saturated heterocycles. The topological polar surface area (TPSA) is 47.3 Å². The van der Waals surface area contributed by atoms with Crippen molar-refractivity contribution in [2.45, 2.75) is 32.0 Å². The van der Waals surface area contributed by atoms with Crippen LogP contribution in [0.2, 0.25) is 0 Å². The molecule has 0 heterocycles. The summed E-state index contributed by atoms with van der Waals surface area (Å²) in [6.45, 7) is 4.35. The molecule has 0 rings (SSSR count). The van der Waals surface area contributed by atoms with Crippen molar-refractivity contribution in [3.8, 4) is 0 Å². The van der Waals surface area contributed by atoms with Gasteiger partial charge in [0.25, 0.3) is 0 Å². The molecule has 0 saturated carbocycles. The van der Waals surface area contributed by atoms with E-state index in [0.29, 0.717) is 6.42 Å². The van der Waals surface area contributed by atoms with Gasteiger partial charge in [0, 0.05) is 6.04 Å². The highest BCUT2D eigenvalue weighted by Crippen LogP contribution is 2.15. The molecule has 0 aliphatic rings. The summed E-state index contributed by atoms with van der Waals surface area (Å²) in [5.74, 6) is 5.17. The number of rotatable bonds is 7. The summed E-state index contributed by atoms with van der Waals surface area (Å²) in [6, 6.07) is -0.320. The van der Waals surface area contributed by atoms with Gasteiger partial charge >= 0.3 is 6.18 Å². The van der Waals surface area contributed by atoms with Crippen LogP contribution in [0.3, 0.4) is 0 Å². The number of hydrazine groups is 1. The van der Waals surface area contributed by atoms with Gasteiger partial charge < -0.3 is 4.74 Å². The van der Waals surface area contributed by atoms with Gasteiger partial charge in [-0.15, -0.1) is 0 Å². The van der Waals surface area contributed by atoms with E-state index in [9.17, 15) is 13.2 Å². The van der Waals surface area contributed by atoms with Gasteiger partial charge in [-0.1, -0.05) is 19.1 Å². The average molecular weight is 226 g/mol. The number of nitrogens with one attached hydrogen (secondary N) is 1. The smallest absolute Gasteiger partial charge is 0.370 e. The lowest BCUT2D eigenvalue weighted by atomic mass is 10.1. The van der Waals surface area contributed by atoms with Crippen molar-refractivity contribution in [2.24, 2.45) is 5.84 Å². The van der Waals surface area contributed by atoms with Gasteiger partial charge in [0.1, 0.15) is 6.61 Å². The Morgan fingerprint density at radius 3 is 2.53 bits per heavy atom. The lowest BCUT2D eigenvalue weighted by molar-refractivity contribution is -0.175. The molecular formula is C9H17F3N2O. The van der Waals surface area contributed by atoms with Crippen LogP contribution >= 0.6 is 0 Å². The van der Waals surface area contributed by atoms with E-state index in [2.05, 4.69) is 16.7 Å². The molecule has 0 bridgehead atoms. The van der Waals surface area contributed by atoms with Gasteiger partial charge in [-0.05, 0) is 12.8 Å². The predicted octanol–water partition coefficient (Wildman–Crippen LogP) is 1.75. The Morgan fingerprint density at radius 1 is 1.53 bits per heavy atom. The largest absolute Gasteiger partial charge is 0.411 e. The van der Waals surface area contributed by atoms with Gasteiger partial charge in [-0.3, -0.25) is 11.3 Å². The van der Waals surface area contributed by atoms with Gasteiger partial charge in [-0.25, -0.2) is 0 Å². The fraction of sp³-hybridized carbons (Fsp3) is 0.778. The quantitative estimate of drug-likeness (QED) is 0.395. The number of ether oxygens (including phenoxy) is 1. The highest BCUT2D eigenvalue weighted by atomic mass is 19.4. The van der Waals surface area contributed by atoms with E-state index < -0.39 is 12.8 Å². The Hall–Kier alpha value is -0.590. The third-order valence-corrected chi connectivity index (χ3v) is 1.86. The zero-order chi connectivity index (χ0) is 11.9. The van der Waals surface area contributed by atoms with Crippen molar-refractivity contribution < 1.29 is 17.9 Å². The molecule has 1 unspecified atom stereocenters. The first-order valence-electron chi connectivity index (χ1n) is 4.66. The number of hydrogen-bond acceptors (Lipinski definition) is 3. The van der Waals surface area contributed by atoms with Crippen LogP contribution in [-0.2, 0) is 4.74 Å². The van der Waals surface area contributed by atoms with Crippen molar-refractivity contribution in [1.82, 2.24) is 5.43 Å². The Balaban J connectivity index is 3.76. The molecule has 0 fully saturated rings. The van der Waals surface area contributed by atoms with Crippen molar-refractivity contribution >= 4 is 0 Å². The van der Waals surface area contributed by atoms with Crippen LogP contribution < -0.4 is 11.3 Å². The van der Waals surface area contributed by atoms with Crippen molar-refractivity contribution in [2.75, 3.05) is 13.2 Å². The highest BCUT2D eigenvalue weighted by Gasteiger charge is 2.27. The number of nitrogens with two attached hydrogens (primary N) is 1. The SMILES string of the molecule is C=C(CC)CC(COCC(F)(F)F)NN. The third kappa shape index (κ3) is 8.41. The molecule has 0 aromatic heterocycles. The molecule has 0 aromatic carbocycles. The summed E-state index contributed by atoms with van der Waals surface area (Å²) in [5, 5.41) is 0. The maximum absolute atomic E-state index is 11.7. The van der Waals surface area contributed by atoms with Crippen molar-refractivity contribution in [3.63, 3.8) is 0 Å². The van der Waals surface area contributed by atoms with Gasteiger partial charge in [-0.2, -0.15) is 13.2 Å². The van der Waals surface area contributed by atoms with Crippen LogP contribution in [0.5, 0.6) is 0 Å². The summed E-state index contributed by atoms with van der Waals surface area (Å²) >= 11 is 0. The molecule has 15 heavy (non-hydrogen) atoms. The third-order valence-electron chi connectivity index (χ3n) is 1.86. The lowest BCUT2D eigenvalue weighted by Crippen LogP contribution is -2.39. The summed E-state index contributed by atoms with van der Waals surface area (Å²) < 4.78 is 39.7. The first-order valence-corrected chi connectivity index (χ1v) is 4.66. The molecule has 3 N–H and O–H groups in total. The minimum Gasteiger partial charge on any atom is -0.370 e. The summed E-state index contributed by atoms with van der Waals surface area (Å²) in [7, 11) is 0. The Kier molecular flexibility index (Phi) is 6.55. The first-order chi connectivity index (χ1) is 6.89. The molecule has 90 valence electrons. The maximum atomic E-state index is 11.7. The number of alkyl halides is 3. The van der Waals surface area contributed by atoms with Crippen LogP contribution in [0.15, 0.2) is 12.2 Å². The molecule has 3 nitrogen and oxygen atoms in total. The zero-order valence-corrected chi connectivity index (χ0v) is 8.73. The molecule has 0 spiro atoms. The molecule has 0 aromatic rings. The predicted molar refractivity (Wildman–Crippen MR) is 52.0 cm³/mol. The standard InChI is InChI=1S/C9H17F3N2O/c1-3-7(2)4-8(14-13)5-15-6-9(10,11)12/h8,14H,2-6,13H2,1H3. The Labute approximate surface area is 87.4 Å². The molecular weight excluding hydrogens is 209 g/mol. The fourth-order valence-electron chi connectivity index (χ4n) is 0.976. The van der Waals surface area contributed by atoms with E-state index in [4.69, 9.17) is 5.84 Å². The summed E-state index contributed by atoms with van der Waals surface area (Å²) in [5.41, 5.74) is 3.32. The van der Waals surface area contributed by atoms with Crippen LogP contribution in [0, 0.1) is 0 Å². The van der Waals surface area contributed by atoms with E-state index >= 15 is 0 Å². The monoisotopic (exact) mass is 226 g/mol. The van der Waals surface area contributed by atoms with E-state index in [1.807, 2.05) is 6.92 Å². The summed E-state index contributed by atoms with van der Waals surface area (Å²) in [4.78, 5) is 0. The molecule has 0 aliphatic heterocycles. The lowest BCUT2D eigenvalue weighted by Gasteiger charge is -2.17. The Bertz CT molecular complexity index is 194. The molecule has 0 aliphatic carbocycles. The van der Waals surface area contributed by atoms with E-state index in [1.165, 1.54) is 0 Å². The minimum atomic E-state index is -4.29. The zero-order valence-electron chi connectivity index (χ0n) is 8.73. The average Bonchev–Trinajstić information content (AvgIpc) is 2.14. The van der Waals surface area contributed by atoms with E-state index in [-0.39, 0.29) is 12.6 Å². The second kappa shape index (κ2) is 6.81. The van der Waals surface area contributed by atoms with E-state index in [0.717, 1.165) is 12.0 Å². The van der Waals surface area contributed by atoms with Crippen molar-refractivity contribution in [3.05, 3.63) is 12.2 Å². The first kappa shape index (κ1) is 14.4. The number of halogens is 3. The Morgan fingerprint density at radius 2 is 2.13 bits per heavy atom. The fourth-order valence-corrected chi connectivity index (χ4v) is 0.976. The second-order valence-electron chi connectivity index (χ2n) is 3.30. The minimum absolute atomic E-state index is 0.0744. The normalized spacial score (nSPS) is 13.9. The van der Waals surface area contributed by atoms with Crippen LogP contribution in [0.4, 0.5) is 13.2 Å². The van der Waals surface area contributed by atoms with Crippen molar-refractivity contribution in [1.29, 1.82) is 0 Å². The second-order valence-corrected chi connectivity index (χ2v) is 3.30. The van der Waals surface area contributed by atoms with Gasteiger partial charge in [0.2, 0.25) is 0 Å². The maximum Gasteiger partial charge on any atom is 0.411 e. The molecule has 0 amide bonds. The molecule has 1 atom stereocenters. The van der Waals surface area contributed by atoms with Gasteiger partial charge in [0.15, 0.2) is 0 Å². The summed E-state index contributed by atoms with van der Waals surface area (Å²) in [6.07, 6.45) is -3.00. The molecule has 0 radical (unpaired) electrons. The van der Waals surface area contributed by atoms with Crippen LogP contribution in [0.1, 0.15) is 19.8 Å². The van der Waals surface area contributed by atoms with E-state index in [1.54, 1.807) is 0 Å². The number of hydrogen-bond donors (Lipinski definition) is 2. The van der Waals surface area contributed by atoms with Crippen LogP contribution in [0.25, 0.3) is 0 Å². The highest BCUT2D eigenvalue weighted by molar-refractivity contribution is 4.96.